The molecular formula is C21H28ClN3O3S2. The Morgan fingerprint density at radius 2 is 1.83 bits per heavy atom. The summed E-state index contributed by atoms with van der Waals surface area (Å²) in [4.78, 5) is 14.7. The van der Waals surface area contributed by atoms with Gasteiger partial charge in [0.15, 0.2) is 0 Å². The van der Waals surface area contributed by atoms with E-state index in [0.29, 0.717) is 36.8 Å². The first-order chi connectivity index (χ1) is 14.2. The molecule has 1 aliphatic heterocycles. The minimum Gasteiger partial charge on any atom is -0.378 e. The Hall–Kier alpha value is -1.61. The molecular weight excluding hydrogens is 442 g/mol. The number of benzene rings is 1. The topological polar surface area (TPSA) is 69.7 Å². The Bertz CT molecular complexity index is 966. The van der Waals surface area contributed by atoms with Crippen molar-refractivity contribution in [2.75, 3.05) is 32.1 Å². The maximum atomic E-state index is 12.7. The molecule has 3 rings (SSSR count). The molecule has 1 aromatic heterocycles. The number of rotatable bonds is 7. The Labute approximate surface area is 187 Å². The first-order valence-electron chi connectivity index (χ1n) is 9.98. The summed E-state index contributed by atoms with van der Waals surface area (Å²) in [6.07, 6.45) is 1.34. The smallest absolute Gasteiger partial charge is 0.252 e. The van der Waals surface area contributed by atoms with Crippen molar-refractivity contribution in [2.45, 2.75) is 30.5 Å². The van der Waals surface area contributed by atoms with Crippen LogP contribution in [0.25, 0.3) is 0 Å². The third-order valence-electron chi connectivity index (χ3n) is 5.68. The van der Waals surface area contributed by atoms with Gasteiger partial charge in [0, 0.05) is 45.3 Å². The Kier molecular flexibility index (Phi) is 7.44. The highest BCUT2D eigenvalue weighted by Gasteiger charge is 2.34. The number of nitrogens with one attached hydrogen (secondary N) is 1. The standard InChI is InChI=1S/C21H28ClN3O3S2/c1-15(21(26)23-14-16-4-6-18(7-5-16)24(2)3)17-10-12-25(13-11-17)30(27,28)20-9-8-19(22)29-20/h4-9,15,17H,10-14H2,1-3H3,(H,23,26)/t15-/m0/s1. The summed E-state index contributed by atoms with van der Waals surface area (Å²) in [6.45, 7) is 3.26. The molecule has 1 aliphatic rings. The predicted molar refractivity (Wildman–Crippen MR) is 123 cm³/mol. The van der Waals surface area contributed by atoms with E-state index in [-0.39, 0.29) is 22.0 Å². The van der Waals surface area contributed by atoms with Crippen LogP contribution in [0.4, 0.5) is 5.69 Å². The predicted octanol–water partition coefficient (Wildman–Crippen LogP) is 3.82. The van der Waals surface area contributed by atoms with E-state index in [9.17, 15) is 13.2 Å². The molecule has 1 atom stereocenters. The second-order valence-electron chi connectivity index (χ2n) is 7.87. The van der Waals surface area contributed by atoms with Crippen LogP contribution in [-0.2, 0) is 21.4 Å². The van der Waals surface area contributed by atoms with Gasteiger partial charge >= 0.3 is 0 Å². The number of carbonyl (C=O) groups is 1. The molecule has 1 amide bonds. The molecule has 1 fully saturated rings. The van der Waals surface area contributed by atoms with E-state index >= 15 is 0 Å². The van der Waals surface area contributed by atoms with Gasteiger partial charge in [-0.05, 0) is 48.6 Å². The van der Waals surface area contributed by atoms with Gasteiger partial charge in [-0.3, -0.25) is 4.79 Å². The lowest BCUT2D eigenvalue weighted by molar-refractivity contribution is -0.126. The third kappa shape index (κ3) is 5.35. The van der Waals surface area contributed by atoms with Crippen LogP contribution in [-0.4, -0.2) is 45.8 Å². The zero-order valence-corrected chi connectivity index (χ0v) is 19.9. The van der Waals surface area contributed by atoms with E-state index in [4.69, 9.17) is 11.6 Å². The van der Waals surface area contributed by atoms with Gasteiger partial charge < -0.3 is 10.2 Å². The molecule has 1 aromatic carbocycles. The van der Waals surface area contributed by atoms with Gasteiger partial charge in [0.1, 0.15) is 4.21 Å². The fourth-order valence-corrected chi connectivity index (χ4v) is 6.76. The summed E-state index contributed by atoms with van der Waals surface area (Å²) in [6, 6.07) is 11.2. The third-order valence-corrected chi connectivity index (χ3v) is 9.28. The van der Waals surface area contributed by atoms with E-state index in [1.807, 2.05) is 50.2 Å². The monoisotopic (exact) mass is 469 g/mol. The van der Waals surface area contributed by atoms with Crippen molar-refractivity contribution in [3.8, 4) is 0 Å². The minimum absolute atomic E-state index is 0.0121. The van der Waals surface area contributed by atoms with Crippen molar-refractivity contribution in [1.29, 1.82) is 0 Å². The van der Waals surface area contributed by atoms with Crippen molar-refractivity contribution in [3.05, 3.63) is 46.3 Å². The fourth-order valence-electron chi connectivity index (χ4n) is 3.66. The van der Waals surface area contributed by atoms with Crippen LogP contribution in [0.1, 0.15) is 25.3 Å². The number of thiophene rings is 1. The number of carbonyl (C=O) groups excluding carboxylic acids is 1. The Morgan fingerprint density at radius 1 is 1.20 bits per heavy atom. The molecule has 1 N–H and O–H groups in total. The molecule has 0 aliphatic carbocycles. The lowest BCUT2D eigenvalue weighted by Gasteiger charge is -2.33. The molecule has 0 spiro atoms. The van der Waals surface area contributed by atoms with E-state index < -0.39 is 10.0 Å². The zero-order chi connectivity index (χ0) is 21.9. The maximum Gasteiger partial charge on any atom is 0.252 e. The highest BCUT2D eigenvalue weighted by Crippen LogP contribution is 2.32. The van der Waals surface area contributed by atoms with Gasteiger partial charge in [0.05, 0.1) is 4.34 Å². The van der Waals surface area contributed by atoms with Gasteiger partial charge in [-0.15, -0.1) is 11.3 Å². The second-order valence-corrected chi connectivity index (χ2v) is 11.7. The van der Waals surface area contributed by atoms with Crippen molar-refractivity contribution >= 4 is 44.6 Å². The highest BCUT2D eigenvalue weighted by molar-refractivity contribution is 7.91. The van der Waals surface area contributed by atoms with Crippen LogP contribution < -0.4 is 10.2 Å². The van der Waals surface area contributed by atoms with Gasteiger partial charge in [-0.1, -0.05) is 30.7 Å². The SMILES string of the molecule is C[C@H](C(=O)NCc1ccc(N(C)C)cc1)C1CCN(S(=O)(=O)c2ccc(Cl)s2)CC1. The number of hydrogen-bond acceptors (Lipinski definition) is 5. The number of sulfonamides is 1. The van der Waals surface area contributed by atoms with Crippen LogP contribution in [0.5, 0.6) is 0 Å². The van der Waals surface area contributed by atoms with Crippen LogP contribution in [0.15, 0.2) is 40.6 Å². The summed E-state index contributed by atoms with van der Waals surface area (Å²) in [5, 5.41) is 3.02. The lowest BCUT2D eigenvalue weighted by Crippen LogP contribution is -2.42. The van der Waals surface area contributed by atoms with Gasteiger partial charge in [0.2, 0.25) is 5.91 Å². The molecule has 30 heavy (non-hydrogen) atoms. The summed E-state index contributed by atoms with van der Waals surface area (Å²) < 4.78 is 27.7. The second kappa shape index (κ2) is 9.68. The average Bonchev–Trinajstić information content (AvgIpc) is 3.19. The number of nitrogens with zero attached hydrogens (tertiary/aromatic N) is 2. The van der Waals surface area contributed by atoms with Gasteiger partial charge in [0.25, 0.3) is 10.0 Å². The number of halogens is 1. The van der Waals surface area contributed by atoms with E-state index in [1.165, 1.54) is 4.31 Å². The highest BCUT2D eigenvalue weighted by atomic mass is 35.5. The average molecular weight is 470 g/mol. The summed E-state index contributed by atoms with van der Waals surface area (Å²) in [5.41, 5.74) is 2.17. The summed E-state index contributed by atoms with van der Waals surface area (Å²) in [5.74, 6) is 0.0182. The molecule has 0 bridgehead atoms. The lowest BCUT2D eigenvalue weighted by atomic mass is 9.85. The number of hydrogen-bond donors (Lipinski definition) is 1. The zero-order valence-electron chi connectivity index (χ0n) is 17.5. The van der Waals surface area contributed by atoms with Crippen molar-refractivity contribution in [2.24, 2.45) is 11.8 Å². The summed E-state index contributed by atoms with van der Waals surface area (Å²) in [7, 11) is 0.478. The fraction of sp³-hybridized carbons (Fsp3) is 0.476. The maximum absolute atomic E-state index is 12.7. The molecule has 0 saturated carbocycles. The van der Waals surface area contributed by atoms with Crippen molar-refractivity contribution < 1.29 is 13.2 Å². The molecule has 2 aromatic rings. The minimum atomic E-state index is -3.50. The van der Waals surface area contributed by atoms with Gasteiger partial charge in [-0.25, -0.2) is 8.42 Å². The largest absolute Gasteiger partial charge is 0.378 e. The Balaban J connectivity index is 1.50. The molecule has 9 heteroatoms. The van der Waals surface area contributed by atoms with Crippen molar-refractivity contribution in [1.82, 2.24) is 9.62 Å². The quantitative estimate of drug-likeness (QED) is 0.669. The number of piperidine rings is 1. The van der Waals surface area contributed by atoms with E-state index in [2.05, 4.69) is 5.32 Å². The molecule has 1 saturated heterocycles. The Morgan fingerprint density at radius 3 is 2.37 bits per heavy atom. The van der Waals surface area contributed by atoms with Crippen LogP contribution >= 0.6 is 22.9 Å². The normalized spacial score (nSPS) is 16.9. The molecule has 164 valence electrons. The van der Waals surface area contributed by atoms with E-state index in [0.717, 1.165) is 22.6 Å². The molecule has 0 unspecified atom stereocenters. The number of amides is 1. The van der Waals surface area contributed by atoms with Crippen LogP contribution in [0.2, 0.25) is 4.34 Å². The molecule has 2 heterocycles. The molecule has 6 nitrogen and oxygen atoms in total. The first kappa shape index (κ1) is 23.1. The molecule has 0 radical (unpaired) electrons. The van der Waals surface area contributed by atoms with Crippen LogP contribution in [0.3, 0.4) is 0 Å². The summed E-state index contributed by atoms with van der Waals surface area (Å²) >= 11 is 6.97. The van der Waals surface area contributed by atoms with E-state index in [1.54, 1.807) is 12.1 Å². The number of anilines is 1. The van der Waals surface area contributed by atoms with Crippen LogP contribution in [0, 0.1) is 11.8 Å². The first-order valence-corrected chi connectivity index (χ1v) is 12.6. The van der Waals surface area contributed by atoms with Gasteiger partial charge in [-0.2, -0.15) is 4.31 Å². The van der Waals surface area contributed by atoms with Crippen molar-refractivity contribution in [3.63, 3.8) is 0 Å².